The van der Waals surface area contributed by atoms with Crippen LogP contribution in [0.2, 0.25) is 0 Å². The lowest BCUT2D eigenvalue weighted by Gasteiger charge is -2.11. The Bertz CT molecular complexity index is 474. The van der Waals surface area contributed by atoms with Crippen molar-refractivity contribution in [2.24, 2.45) is 0 Å². The molecule has 206 valence electrons. The van der Waals surface area contributed by atoms with E-state index >= 15 is 0 Å². The van der Waals surface area contributed by atoms with Crippen LogP contribution < -0.4 is 0 Å². The molecule has 2 rings (SSSR count). The Kier molecular flexibility index (Phi) is 22.8. The van der Waals surface area contributed by atoms with Gasteiger partial charge in [-0.2, -0.15) is 0 Å². The van der Waals surface area contributed by atoms with E-state index in [2.05, 4.69) is 12.2 Å². The maximum Gasteiger partial charge on any atom is 0.308 e. The molecule has 1 aliphatic heterocycles. The lowest BCUT2D eigenvalue weighted by atomic mass is 10.0. The summed E-state index contributed by atoms with van der Waals surface area (Å²) in [5, 5.41) is 19.4. The fourth-order valence-corrected chi connectivity index (χ4v) is 5.00. The number of rotatable bonds is 0. The molecule has 35 heavy (non-hydrogen) atoms. The Morgan fingerprint density at radius 3 is 1.40 bits per heavy atom. The fraction of sp³-hybridized carbons (Fsp3) is 0.903. The average Bonchev–Trinajstić information content (AvgIpc) is 2.84. The van der Waals surface area contributed by atoms with Gasteiger partial charge in [0.15, 0.2) is 0 Å². The highest BCUT2D eigenvalue weighted by molar-refractivity contribution is 5.69. The van der Waals surface area contributed by atoms with Crippen LogP contribution in [0.5, 0.6) is 0 Å². The summed E-state index contributed by atoms with van der Waals surface area (Å²) >= 11 is 0. The van der Waals surface area contributed by atoms with Gasteiger partial charge in [-0.1, -0.05) is 115 Å². The third-order valence-corrected chi connectivity index (χ3v) is 7.33. The molecule has 0 aromatic heterocycles. The number of allylic oxidation sites excluding steroid dienone is 2. The number of aliphatic hydroxyl groups is 2. The van der Waals surface area contributed by atoms with Crippen LogP contribution in [-0.2, 0) is 9.53 Å². The molecule has 0 saturated heterocycles. The Hall–Kier alpha value is -0.870. The molecule has 1 aliphatic carbocycles. The molecule has 1 fully saturated rings. The first kappa shape index (κ1) is 32.2. The first-order chi connectivity index (χ1) is 17.2. The minimum atomic E-state index is -0.904. The molecule has 1 unspecified atom stereocenters. The first-order valence-corrected chi connectivity index (χ1v) is 15.4. The third-order valence-electron chi connectivity index (χ3n) is 7.33. The molecule has 0 bridgehead atoms. The van der Waals surface area contributed by atoms with E-state index < -0.39 is 6.29 Å². The SMILES string of the molecule is O=C1CCCCCCCC=CCCCCCC(O)O1.OC1CCCCCCCCCCCCCC1. The van der Waals surface area contributed by atoms with Crippen molar-refractivity contribution in [2.45, 2.75) is 179 Å². The van der Waals surface area contributed by atoms with E-state index in [9.17, 15) is 15.0 Å². The van der Waals surface area contributed by atoms with Gasteiger partial charge in [0.1, 0.15) is 0 Å². The molecule has 2 aliphatic rings. The Labute approximate surface area is 217 Å². The van der Waals surface area contributed by atoms with E-state index in [1.54, 1.807) is 0 Å². The average molecular weight is 495 g/mol. The van der Waals surface area contributed by atoms with Gasteiger partial charge >= 0.3 is 5.97 Å². The second kappa shape index (κ2) is 24.8. The first-order valence-electron chi connectivity index (χ1n) is 15.4. The van der Waals surface area contributed by atoms with E-state index in [0.717, 1.165) is 51.4 Å². The smallest absolute Gasteiger partial charge is 0.308 e. The molecule has 0 aromatic carbocycles. The molecule has 4 nitrogen and oxygen atoms in total. The number of hydrogen-bond acceptors (Lipinski definition) is 4. The van der Waals surface area contributed by atoms with Crippen molar-refractivity contribution in [2.75, 3.05) is 0 Å². The van der Waals surface area contributed by atoms with Crippen LogP contribution in [0.3, 0.4) is 0 Å². The zero-order valence-electron chi connectivity index (χ0n) is 22.9. The van der Waals surface area contributed by atoms with Crippen LogP contribution >= 0.6 is 0 Å². The summed E-state index contributed by atoms with van der Waals surface area (Å²) in [5.41, 5.74) is 0. The van der Waals surface area contributed by atoms with E-state index in [1.807, 2.05) is 0 Å². The van der Waals surface area contributed by atoms with Crippen molar-refractivity contribution < 1.29 is 19.7 Å². The minimum absolute atomic E-state index is 0.00914. The van der Waals surface area contributed by atoms with Crippen LogP contribution in [-0.4, -0.2) is 28.6 Å². The molecule has 4 heteroatoms. The van der Waals surface area contributed by atoms with Crippen LogP contribution in [0.15, 0.2) is 12.2 Å². The van der Waals surface area contributed by atoms with Crippen LogP contribution in [0.1, 0.15) is 167 Å². The number of cyclic esters (lactones) is 1. The maximum atomic E-state index is 11.4. The van der Waals surface area contributed by atoms with Gasteiger partial charge in [0.25, 0.3) is 0 Å². The normalized spacial score (nSPS) is 25.1. The summed E-state index contributed by atoms with van der Waals surface area (Å²) in [5.74, 6) is -0.251. The number of hydrogen-bond donors (Lipinski definition) is 2. The quantitative estimate of drug-likeness (QED) is 0.260. The fourth-order valence-electron chi connectivity index (χ4n) is 5.00. The molecule has 0 spiro atoms. The van der Waals surface area contributed by atoms with Crippen molar-refractivity contribution in [1.82, 2.24) is 0 Å². The van der Waals surface area contributed by atoms with Crippen molar-refractivity contribution in [3.63, 3.8) is 0 Å². The van der Waals surface area contributed by atoms with E-state index in [1.165, 1.54) is 103 Å². The summed E-state index contributed by atoms with van der Waals surface area (Å²) in [4.78, 5) is 11.4. The Morgan fingerprint density at radius 2 is 0.886 bits per heavy atom. The van der Waals surface area contributed by atoms with E-state index in [4.69, 9.17) is 4.74 Å². The number of carbonyl (C=O) groups is 1. The van der Waals surface area contributed by atoms with Crippen LogP contribution in [0, 0.1) is 0 Å². The Balaban J connectivity index is 0.000000355. The molecule has 1 heterocycles. The summed E-state index contributed by atoms with van der Waals surface area (Å²) in [6.07, 6.45) is 34.3. The molecule has 0 radical (unpaired) electrons. The number of ether oxygens (including phenoxy) is 1. The summed E-state index contributed by atoms with van der Waals surface area (Å²) in [7, 11) is 0. The topological polar surface area (TPSA) is 66.8 Å². The predicted molar refractivity (Wildman–Crippen MR) is 147 cm³/mol. The van der Waals surface area contributed by atoms with Crippen molar-refractivity contribution >= 4 is 5.97 Å². The van der Waals surface area contributed by atoms with Gasteiger partial charge in [-0.25, -0.2) is 0 Å². The molecular formula is C31H58O4. The largest absolute Gasteiger partial charge is 0.436 e. The van der Waals surface area contributed by atoms with Gasteiger partial charge in [-0.15, -0.1) is 0 Å². The summed E-state index contributed by atoms with van der Waals surface area (Å²) < 4.78 is 4.98. The minimum Gasteiger partial charge on any atom is -0.436 e. The zero-order valence-corrected chi connectivity index (χ0v) is 22.9. The Morgan fingerprint density at radius 1 is 0.514 bits per heavy atom. The van der Waals surface area contributed by atoms with Crippen molar-refractivity contribution in [1.29, 1.82) is 0 Å². The standard InChI is InChI=1S/C16H28O3.C15H30O/c17-15-13-11-9-7-5-3-1-2-4-6-8-10-12-14-16(18)19-15;16-15-13-11-9-7-5-3-1-2-4-6-8-10-12-14-15/h1,3,15,17H,2,4-14H2;15-16H,1-14H2. The lowest BCUT2D eigenvalue weighted by Crippen LogP contribution is -2.17. The third kappa shape index (κ3) is 23.3. The van der Waals surface area contributed by atoms with Gasteiger partial charge in [0, 0.05) is 12.8 Å². The monoisotopic (exact) mass is 494 g/mol. The molecule has 2 N–H and O–H groups in total. The van der Waals surface area contributed by atoms with Gasteiger partial charge in [0.2, 0.25) is 6.29 Å². The van der Waals surface area contributed by atoms with Crippen LogP contribution in [0.4, 0.5) is 0 Å². The molecular weight excluding hydrogens is 436 g/mol. The highest BCUT2D eigenvalue weighted by Gasteiger charge is 2.10. The summed E-state index contributed by atoms with van der Waals surface area (Å²) in [6.45, 7) is 0. The molecule has 1 atom stereocenters. The van der Waals surface area contributed by atoms with E-state index in [-0.39, 0.29) is 12.1 Å². The number of carbonyl (C=O) groups excluding carboxylic acids is 1. The maximum absolute atomic E-state index is 11.4. The van der Waals surface area contributed by atoms with Gasteiger partial charge in [-0.05, 0) is 51.4 Å². The van der Waals surface area contributed by atoms with E-state index in [0.29, 0.717) is 12.8 Å². The zero-order chi connectivity index (χ0) is 25.2. The van der Waals surface area contributed by atoms with Gasteiger partial charge in [-0.3, -0.25) is 4.79 Å². The van der Waals surface area contributed by atoms with Crippen molar-refractivity contribution in [3.05, 3.63) is 12.2 Å². The van der Waals surface area contributed by atoms with Gasteiger partial charge < -0.3 is 14.9 Å². The molecule has 0 amide bonds. The molecule has 1 saturated carbocycles. The highest BCUT2D eigenvalue weighted by Crippen LogP contribution is 2.17. The molecule has 0 aromatic rings. The number of aliphatic hydroxyl groups excluding tert-OH is 2. The highest BCUT2D eigenvalue weighted by atomic mass is 16.6. The van der Waals surface area contributed by atoms with Crippen molar-refractivity contribution in [3.8, 4) is 0 Å². The second-order valence-electron chi connectivity index (χ2n) is 10.8. The second-order valence-corrected chi connectivity index (χ2v) is 10.8. The summed E-state index contributed by atoms with van der Waals surface area (Å²) in [6, 6.07) is 0. The van der Waals surface area contributed by atoms with Crippen LogP contribution in [0.25, 0.3) is 0 Å². The van der Waals surface area contributed by atoms with Gasteiger partial charge in [0.05, 0.1) is 6.10 Å². The lowest BCUT2D eigenvalue weighted by molar-refractivity contribution is -0.168. The number of esters is 1. The predicted octanol–water partition coefficient (Wildman–Crippen LogP) is 8.92.